The van der Waals surface area contributed by atoms with Crippen molar-refractivity contribution in [3.8, 4) is 0 Å². The Hall–Kier alpha value is 0.539. The van der Waals surface area contributed by atoms with Crippen molar-refractivity contribution in [1.82, 2.24) is 0 Å². The first-order chi connectivity index (χ1) is 4.83. The average Bonchev–Trinajstić information content (AvgIpc) is 2.71. The molecule has 3 heteroatoms. The molecule has 1 aliphatic rings. The second-order valence-electron chi connectivity index (χ2n) is 2.36. The summed E-state index contributed by atoms with van der Waals surface area (Å²) >= 11 is 2.64. The van der Waals surface area contributed by atoms with E-state index in [-0.39, 0.29) is 0 Å². The summed E-state index contributed by atoms with van der Waals surface area (Å²) in [5.74, 6) is 1.80. The number of ketones is 1. The molecular formula is C7H12OSSe. The fourth-order valence-corrected chi connectivity index (χ4v) is 4.32. The SMILES string of the molecule is CCC(=O)C[Se]CC1CS1. The van der Waals surface area contributed by atoms with E-state index in [0.717, 1.165) is 17.0 Å². The van der Waals surface area contributed by atoms with Gasteiger partial charge in [0.15, 0.2) is 0 Å². The van der Waals surface area contributed by atoms with E-state index in [1.54, 1.807) is 0 Å². The van der Waals surface area contributed by atoms with Crippen LogP contribution in [0.5, 0.6) is 0 Å². The van der Waals surface area contributed by atoms with Crippen molar-refractivity contribution in [3.63, 3.8) is 0 Å². The predicted octanol–water partition coefficient (Wildman–Crippen LogP) is 1.62. The van der Waals surface area contributed by atoms with Crippen LogP contribution in [0.2, 0.25) is 10.6 Å². The van der Waals surface area contributed by atoms with E-state index in [4.69, 9.17) is 0 Å². The Morgan fingerprint density at radius 2 is 2.50 bits per heavy atom. The number of hydrogen-bond acceptors (Lipinski definition) is 2. The van der Waals surface area contributed by atoms with E-state index in [0.29, 0.717) is 20.7 Å². The molecule has 1 fully saturated rings. The summed E-state index contributed by atoms with van der Waals surface area (Å²) < 4.78 is 0. The summed E-state index contributed by atoms with van der Waals surface area (Å²) in [5, 5.41) is 3.13. The molecule has 1 aliphatic heterocycles. The van der Waals surface area contributed by atoms with Crippen LogP contribution in [0, 0.1) is 0 Å². The van der Waals surface area contributed by atoms with Gasteiger partial charge in [0.2, 0.25) is 0 Å². The number of carbonyl (C=O) groups is 1. The van der Waals surface area contributed by atoms with Crippen LogP contribution in [0.4, 0.5) is 0 Å². The number of Topliss-reactive ketones (excluding diaryl/α,β-unsaturated/α-hetero) is 1. The summed E-state index contributed by atoms with van der Waals surface area (Å²) in [4.78, 5) is 10.8. The van der Waals surface area contributed by atoms with Crippen molar-refractivity contribution >= 4 is 32.5 Å². The first-order valence-electron chi connectivity index (χ1n) is 3.54. The maximum absolute atomic E-state index is 10.8. The van der Waals surface area contributed by atoms with Crippen LogP contribution >= 0.6 is 11.8 Å². The van der Waals surface area contributed by atoms with E-state index in [2.05, 4.69) is 0 Å². The molecule has 0 spiro atoms. The van der Waals surface area contributed by atoms with Gasteiger partial charge < -0.3 is 0 Å². The third-order valence-corrected chi connectivity index (χ3v) is 5.25. The van der Waals surface area contributed by atoms with Crippen LogP contribution in [-0.2, 0) is 4.79 Å². The zero-order valence-electron chi connectivity index (χ0n) is 6.13. The minimum atomic E-state index is 0.450. The van der Waals surface area contributed by atoms with Crippen LogP contribution < -0.4 is 0 Å². The fraction of sp³-hybridized carbons (Fsp3) is 0.857. The molecule has 0 aromatic heterocycles. The van der Waals surface area contributed by atoms with Gasteiger partial charge in [-0.3, -0.25) is 0 Å². The quantitative estimate of drug-likeness (QED) is 0.520. The van der Waals surface area contributed by atoms with Gasteiger partial charge in [-0.1, -0.05) is 0 Å². The fourth-order valence-electron chi connectivity index (χ4n) is 0.571. The first-order valence-corrected chi connectivity index (χ1v) is 7.01. The Morgan fingerprint density at radius 3 is 3.00 bits per heavy atom. The van der Waals surface area contributed by atoms with Crippen molar-refractivity contribution in [3.05, 3.63) is 0 Å². The molecule has 1 nitrogen and oxygen atoms in total. The Kier molecular flexibility index (Phi) is 3.82. The Labute approximate surface area is 72.5 Å². The molecule has 0 saturated carbocycles. The summed E-state index contributed by atoms with van der Waals surface area (Å²) in [6.45, 7) is 1.95. The van der Waals surface area contributed by atoms with Gasteiger partial charge in [-0.25, -0.2) is 0 Å². The molecule has 1 rings (SSSR count). The van der Waals surface area contributed by atoms with Gasteiger partial charge in [0, 0.05) is 0 Å². The zero-order chi connectivity index (χ0) is 7.40. The van der Waals surface area contributed by atoms with Crippen molar-refractivity contribution in [2.24, 2.45) is 0 Å². The molecule has 1 saturated heterocycles. The monoisotopic (exact) mass is 224 g/mol. The van der Waals surface area contributed by atoms with Gasteiger partial charge in [-0.05, 0) is 0 Å². The van der Waals surface area contributed by atoms with Crippen LogP contribution in [0.25, 0.3) is 0 Å². The number of thioether (sulfide) groups is 1. The first kappa shape index (κ1) is 8.63. The summed E-state index contributed by atoms with van der Waals surface area (Å²) in [6.07, 6.45) is 0.736. The minimum absolute atomic E-state index is 0.450. The Balaban J connectivity index is 1.88. The number of rotatable bonds is 5. The molecule has 0 bridgehead atoms. The van der Waals surface area contributed by atoms with E-state index in [1.165, 1.54) is 11.1 Å². The van der Waals surface area contributed by atoms with Crippen LogP contribution in [0.1, 0.15) is 13.3 Å². The third-order valence-electron chi connectivity index (χ3n) is 1.36. The molecule has 0 aromatic carbocycles. The number of hydrogen-bond donors (Lipinski definition) is 0. The van der Waals surface area contributed by atoms with Gasteiger partial charge in [0.1, 0.15) is 0 Å². The second kappa shape index (κ2) is 4.42. The summed E-state index contributed by atoms with van der Waals surface area (Å²) in [6, 6.07) is 0. The molecule has 1 unspecified atom stereocenters. The molecule has 10 heavy (non-hydrogen) atoms. The van der Waals surface area contributed by atoms with Gasteiger partial charge in [0.05, 0.1) is 0 Å². The molecule has 1 heterocycles. The van der Waals surface area contributed by atoms with Crippen LogP contribution in [0.15, 0.2) is 0 Å². The van der Waals surface area contributed by atoms with E-state index in [1.807, 2.05) is 18.7 Å². The van der Waals surface area contributed by atoms with Crippen molar-refractivity contribution in [1.29, 1.82) is 0 Å². The molecule has 0 radical (unpaired) electrons. The number of carbonyl (C=O) groups excluding carboxylic acids is 1. The predicted molar refractivity (Wildman–Crippen MR) is 46.9 cm³/mol. The maximum atomic E-state index is 10.8. The molecule has 0 N–H and O–H groups in total. The molecular weight excluding hydrogens is 211 g/mol. The Bertz CT molecular complexity index is 123. The van der Waals surface area contributed by atoms with Crippen LogP contribution in [0.3, 0.4) is 0 Å². The van der Waals surface area contributed by atoms with E-state index < -0.39 is 0 Å². The van der Waals surface area contributed by atoms with Gasteiger partial charge in [0.25, 0.3) is 0 Å². The Morgan fingerprint density at radius 1 is 1.80 bits per heavy atom. The van der Waals surface area contributed by atoms with E-state index in [9.17, 15) is 4.79 Å². The second-order valence-corrected chi connectivity index (χ2v) is 5.86. The standard InChI is InChI=1S/C7H12OSSe/c1-2-6(8)4-10-5-7-3-9-7/h7H,2-5H2,1H3. The zero-order valence-corrected chi connectivity index (χ0v) is 8.66. The average molecular weight is 223 g/mol. The molecule has 0 amide bonds. The van der Waals surface area contributed by atoms with Crippen molar-refractivity contribution in [2.75, 3.05) is 5.75 Å². The topological polar surface area (TPSA) is 17.1 Å². The molecule has 1 atom stereocenters. The third kappa shape index (κ3) is 3.65. The van der Waals surface area contributed by atoms with Gasteiger partial charge in [-0.2, -0.15) is 0 Å². The summed E-state index contributed by atoms with van der Waals surface area (Å²) in [7, 11) is 0. The van der Waals surface area contributed by atoms with E-state index >= 15 is 0 Å². The van der Waals surface area contributed by atoms with Gasteiger partial charge in [-0.15, -0.1) is 0 Å². The molecule has 0 aliphatic carbocycles. The summed E-state index contributed by atoms with van der Waals surface area (Å²) in [5.41, 5.74) is 0. The van der Waals surface area contributed by atoms with Gasteiger partial charge >= 0.3 is 72.3 Å². The van der Waals surface area contributed by atoms with Crippen LogP contribution in [-0.4, -0.2) is 31.7 Å². The molecule has 0 aromatic rings. The van der Waals surface area contributed by atoms with Crippen molar-refractivity contribution in [2.45, 2.75) is 29.2 Å². The molecule has 58 valence electrons. The normalized spacial score (nSPS) is 22.7. The van der Waals surface area contributed by atoms with Crippen molar-refractivity contribution < 1.29 is 4.79 Å².